The molecule has 10 heteroatoms. The maximum Gasteiger partial charge on any atom is 0.361 e. The van der Waals surface area contributed by atoms with Crippen LogP contribution in [0.3, 0.4) is 0 Å². The summed E-state index contributed by atoms with van der Waals surface area (Å²) in [6, 6.07) is 0. The Morgan fingerprint density at radius 3 is 2.70 bits per heavy atom. The fourth-order valence-electron chi connectivity index (χ4n) is 2.53. The summed E-state index contributed by atoms with van der Waals surface area (Å²) in [5, 5.41) is 15.2. The van der Waals surface area contributed by atoms with Gasteiger partial charge in [0.1, 0.15) is 0 Å². The molecule has 0 amide bonds. The summed E-state index contributed by atoms with van der Waals surface area (Å²) in [5.74, 6) is -0.216. The predicted molar refractivity (Wildman–Crippen MR) is 78.7 cm³/mol. The molecule has 1 fully saturated rings. The first-order valence-corrected chi connectivity index (χ1v) is 7.52. The maximum atomic E-state index is 12.3. The first kappa shape index (κ1) is 15.4. The lowest BCUT2D eigenvalue weighted by Crippen LogP contribution is -2.23. The van der Waals surface area contributed by atoms with Crippen LogP contribution < -0.4 is 5.73 Å². The van der Waals surface area contributed by atoms with Gasteiger partial charge in [0.2, 0.25) is 11.6 Å². The van der Waals surface area contributed by atoms with Crippen molar-refractivity contribution in [2.75, 3.05) is 18.8 Å². The van der Waals surface area contributed by atoms with Gasteiger partial charge >= 0.3 is 5.97 Å². The number of nitrogens with zero attached hydrogens (tertiary/aromatic N) is 6. The topological polar surface area (TPSA) is 125 Å². The van der Waals surface area contributed by atoms with Gasteiger partial charge in [-0.3, -0.25) is 4.90 Å². The molecule has 0 bridgehead atoms. The summed E-state index contributed by atoms with van der Waals surface area (Å²) in [7, 11) is 0. The molecule has 124 valence electrons. The van der Waals surface area contributed by atoms with E-state index in [4.69, 9.17) is 10.5 Å². The van der Waals surface area contributed by atoms with Gasteiger partial charge in [-0.25, -0.2) is 9.42 Å². The van der Waals surface area contributed by atoms with Crippen LogP contribution in [-0.2, 0) is 11.3 Å². The molecule has 0 radical (unpaired) electrons. The third-order valence-corrected chi connectivity index (χ3v) is 3.57. The summed E-state index contributed by atoms with van der Waals surface area (Å²) in [4.78, 5) is 14.5. The van der Waals surface area contributed by atoms with E-state index in [0.717, 1.165) is 25.9 Å². The normalized spacial score (nSPS) is 15.4. The van der Waals surface area contributed by atoms with Gasteiger partial charge in [0.15, 0.2) is 5.69 Å². The highest BCUT2D eigenvalue weighted by Crippen LogP contribution is 2.20. The number of nitrogen functional groups attached to an aromatic ring is 1. The number of rotatable bonds is 5. The largest absolute Gasteiger partial charge is 0.458 e. The molecule has 2 N–H and O–H groups in total. The van der Waals surface area contributed by atoms with Crippen LogP contribution in [0.2, 0.25) is 0 Å². The van der Waals surface area contributed by atoms with Gasteiger partial charge in [0.05, 0.1) is 11.8 Å². The number of hydrogen-bond donors (Lipinski definition) is 1. The van der Waals surface area contributed by atoms with Crippen LogP contribution in [0.4, 0.5) is 5.82 Å². The summed E-state index contributed by atoms with van der Waals surface area (Å²) < 4.78 is 11.2. The number of ether oxygens (including phenoxy) is 1. The third kappa shape index (κ3) is 3.16. The number of esters is 1. The Morgan fingerprint density at radius 1 is 1.35 bits per heavy atom. The lowest BCUT2D eigenvalue weighted by atomic mass is 10.3. The van der Waals surface area contributed by atoms with Gasteiger partial charge in [0, 0.05) is 6.54 Å². The zero-order valence-corrected chi connectivity index (χ0v) is 13.1. The second kappa shape index (κ2) is 6.32. The van der Waals surface area contributed by atoms with E-state index in [1.807, 2.05) is 0 Å². The summed E-state index contributed by atoms with van der Waals surface area (Å²) in [6.07, 6.45) is 2.01. The van der Waals surface area contributed by atoms with Crippen molar-refractivity contribution in [3.8, 4) is 5.82 Å². The van der Waals surface area contributed by atoms with E-state index >= 15 is 0 Å². The average molecular weight is 321 g/mol. The molecule has 0 spiro atoms. The Labute approximate surface area is 132 Å². The molecule has 3 heterocycles. The van der Waals surface area contributed by atoms with Crippen LogP contribution in [0.1, 0.15) is 42.9 Å². The van der Waals surface area contributed by atoms with Gasteiger partial charge < -0.3 is 10.5 Å². The van der Waals surface area contributed by atoms with E-state index in [1.54, 1.807) is 13.8 Å². The van der Waals surface area contributed by atoms with E-state index in [2.05, 4.69) is 30.2 Å². The summed E-state index contributed by atoms with van der Waals surface area (Å²) >= 11 is 0. The van der Waals surface area contributed by atoms with Crippen LogP contribution in [0.5, 0.6) is 0 Å². The molecular formula is C13H19N7O3. The highest BCUT2D eigenvalue weighted by atomic mass is 16.6. The molecule has 10 nitrogen and oxygen atoms in total. The summed E-state index contributed by atoms with van der Waals surface area (Å²) in [5.41, 5.74) is 6.46. The molecule has 3 rings (SSSR count). The standard InChI is InChI=1S/C13H19N7O3/c1-8(2)22-13(21)10-9(7-19-5-3-4-6-19)20(18-15-10)12-11(14)16-23-17-12/h8H,3-7H2,1-2H3,(H2,14,16). The molecule has 2 aromatic rings. The second-order valence-electron chi connectivity index (χ2n) is 5.71. The van der Waals surface area contributed by atoms with Gasteiger partial charge in [-0.05, 0) is 50.1 Å². The Kier molecular flexibility index (Phi) is 4.24. The first-order chi connectivity index (χ1) is 11.1. The number of carbonyl (C=O) groups excluding carboxylic acids is 1. The minimum atomic E-state index is -0.518. The van der Waals surface area contributed by atoms with Gasteiger partial charge in [-0.2, -0.15) is 4.68 Å². The van der Waals surface area contributed by atoms with E-state index in [1.165, 1.54) is 4.68 Å². The van der Waals surface area contributed by atoms with Crippen molar-refractivity contribution in [2.24, 2.45) is 0 Å². The van der Waals surface area contributed by atoms with Crippen LogP contribution in [0, 0.1) is 0 Å². The number of nitrogens with two attached hydrogens (primary N) is 1. The lowest BCUT2D eigenvalue weighted by molar-refractivity contribution is 0.0368. The van der Waals surface area contributed by atoms with Gasteiger partial charge in [0.25, 0.3) is 0 Å². The molecule has 0 saturated carbocycles. The quantitative estimate of drug-likeness (QED) is 0.778. The van der Waals surface area contributed by atoms with Crippen molar-refractivity contribution in [3.63, 3.8) is 0 Å². The maximum absolute atomic E-state index is 12.3. The number of anilines is 1. The molecule has 0 atom stereocenters. The SMILES string of the molecule is CC(C)OC(=O)c1nnn(-c2nonc2N)c1CN1CCCC1. The van der Waals surface area contributed by atoms with Crippen molar-refractivity contribution < 1.29 is 14.2 Å². The molecule has 23 heavy (non-hydrogen) atoms. The smallest absolute Gasteiger partial charge is 0.361 e. The van der Waals surface area contributed by atoms with Crippen molar-refractivity contribution in [1.29, 1.82) is 0 Å². The number of carbonyl (C=O) groups is 1. The molecule has 0 aromatic carbocycles. The Hall–Kier alpha value is -2.49. The van der Waals surface area contributed by atoms with Crippen LogP contribution in [-0.4, -0.2) is 55.4 Å². The highest BCUT2D eigenvalue weighted by Gasteiger charge is 2.27. The van der Waals surface area contributed by atoms with Gasteiger partial charge in [-0.1, -0.05) is 5.21 Å². The highest BCUT2D eigenvalue weighted by molar-refractivity contribution is 5.88. The molecule has 0 aliphatic carbocycles. The molecule has 1 saturated heterocycles. The van der Waals surface area contributed by atoms with Crippen LogP contribution in [0.25, 0.3) is 5.82 Å². The molecule has 1 aliphatic rings. The summed E-state index contributed by atoms with van der Waals surface area (Å²) in [6.45, 7) is 5.97. The van der Waals surface area contributed by atoms with E-state index in [-0.39, 0.29) is 23.4 Å². The second-order valence-corrected chi connectivity index (χ2v) is 5.71. The molecule has 0 unspecified atom stereocenters. The predicted octanol–water partition coefficient (Wildman–Crippen LogP) is 0.393. The third-order valence-electron chi connectivity index (χ3n) is 3.57. The van der Waals surface area contributed by atoms with E-state index < -0.39 is 5.97 Å². The number of likely N-dealkylation sites (tertiary alicyclic amines) is 1. The average Bonchev–Trinajstić information content (AvgIpc) is 3.19. The van der Waals surface area contributed by atoms with Crippen molar-refractivity contribution >= 4 is 11.8 Å². The van der Waals surface area contributed by atoms with Crippen molar-refractivity contribution in [1.82, 2.24) is 30.2 Å². The molecular weight excluding hydrogens is 302 g/mol. The zero-order valence-electron chi connectivity index (χ0n) is 13.1. The van der Waals surface area contributed by atoms with Crippen LogP contribution >= 0.6 is 0 Å². The zero-order chi connectivity index (χ0) is 16.4. The molecule has 2 aromatic heterocycles. The fourth-order valence-corrected chi connectivity index (χ4v) is 2.53. The van der Waals surface area contributed by atoms with Gasteiger partial charge in [-0.15, -0.1) is 5.10 Å². The fraction of sp³-hybridized carbons (Fsp3) is 0.615. The van der Waals surface area contributed by atoms with E-state index in [0.29, 0.717) is 12.2 Å². The number of aromatic nitrogens is 5. The lowest BCUT2D eigenvalue weighted by Gasteiger charge is -2.15. The Bertz CT molecular complexity index is 688. The Morgan fingerprint density at radius 2 is 2.09 bits per heavy atom. The van der Waals surface area contributed by atoms with Crippen molar-refractivity contribution in [3.05, 3.63) is 11.4 Å². The first-order valence-electron chi connectivity index (χ1n) is 7.52. The Balaban J connectivity index is 1.97. The monoisotopic (exact) mass is 321 g/mol. The van der Waals surface area contributed by atoms with Crippen LogP contribution in [0.15, 0.2) is 4.63 Å². The van der Waals surface area contributed by atoms with Crippen molar-refractivity contribution in [2.45, 2.75) is 39.3 Å². The van der Waals surface area contributed by atoms with E-state index in [9.17, 15) is 4.79 Å². The minimum Gasteiger partial charge on any atom is -0.458 e. The number of hydrogen-bond acceptors (Lipinski definition) is 9. The molecule has 1 aliphatic heterocycles. The minimum absolute atomic E-state index is 0.0846.